The summed E-state index contributed by atoms with van der Waals surface area (Å²) in [7, 11) is 0. The molecule has 0 aromatic heterocycles. The minimum atomic E-state index is -1.97. The smallest absolute Gasteiger partial charge is 0.147 e. The summed E-state index contributed by atoms with van der Waals surface area (Å²) in [5.74, 6) is 0. The summed E-state index contributed by atoms with van der Waals surface area (Å²) in [5, 5.41) is 0. The van der Waals surface area contributed by atoms with Crippen molar-refractivity contribution in [1.82, 2.24) is 0 Å². The summed E-state index contributed by atoms with van der Waals surface area (Å²) in [6, 6.07) is 17.6. The summed E-state index contributed by atoms with van der Waals surface area (Å²) >= 11 is -1.97. The zero-order chi connectivity index (χ0) is 14.3. The van der Waals surface area contributed by atoms with Gasteiger partial charge in [0.15, 0.2) is 0 Å². The van der Waals surface area contributed by atoms with Gasteiger partial charge in [0, 0.05) is 0 Å². The van der Waals surface area contributed by atoms with Crippen LogP contribution in [0.25, 0.3) is 17.2 Å². The van der Waals surface area contributed by atoms with Crippen molar-refractivity contribution in [2.24, 2.45) is 0 Å². The zero-order valence-electron chi connectivity index (χ0n) is 13.3. The van der Waals surface area contributed by atoms with E-state index in [4.69, 9.17) is 0 Å². The van der Waals surface area contributed by atoms with E-state index in [0.717, 1.165) is 3.63 Å². The van der Waals surface area contributed by atoms with Crippen LogP contribution in [0.4, 0.5) is 0 Å². The van der Waals surface area contributed by atoms with E-state index in [1.54, 1.807) is 11.1 Å². The van der Waals surface area contributed by atoms with Gasteiger partial charge in [-0.15, -0.1) is 24.8 Å². The Kier molecular flexibility index (Phi) is 6.89. The Hall–Kier alpha value is -0.140. The van der Waals surface area contributed by atoms with Crippen LogP contribution >= 0.6 is 24.8 Å². The first-order valence-electron chi connectivity index (χ1n) is 7.20. The van der Waals surface area contributed by atoms with Crippen molar-refractivity contribution in [3.63, 3.8) is 0 Å². The number of hydrogen-bond donors (Lipinski definition) is 0. The van der Waals surface area contributed by atoms with Crippen molar-refractivity contribution in [2.75, 3.05) is 0 Å². The molecule has 1 aliphatic rings. The van der Waals surface area contributed by atoms with E-state index in [1.165, 1.54) is 16.7 Å². The van der Waals surface area contributed by atoms with Crippen LogP contribution in [0.2, 0.25) is 9.26 Å². The Morgan fingerprint density at radius 1 is 0.909 bits per heavy atom. The first-order chi connectivity index (χ1) is 9.48. The van der Waals surface area contributed by atoms with E-state index in [0.29, 0.717) is 0 Å². The Balaban J connectivity index is 0.00000121. The summed E-state index contributed by atoms with van der Waals surface area (Å²) < 4.78 is 5.86. The second kappa shape index (κ2) is 7.62. The molecular weight excluding hydrogens is 406 g/mol. The molecule has 22 heavy (non-hydrogen) atoms. The molecule has 3 rings (SSSR count). The van der Waals surface area contributed by atoms with Gasteiger partial charge in [0.05, 0.1) is 0 Å². The SMILES string of the molecule is CC1=Cc2c(-c3ccccc3)cccc2[CH]1[Zr]([CH3])([CH3])=[SiH2].Cl.Cl. The molecule has 117 valence electrons. The predicted molar refractivity (Wildman–Crippen MR) is 103 cm³/mol. The number of hydrogen-bond acceptors (Lipinski definition) is 0. The van der Waals surface area contributed by atoms with Crippen molar-refractivity contribution >= 4 is 37.8 Å². The van der Waals surface area contributed by atoms with Gasteiger partial charge in [0.1, 0.15) is 0 Å². The molecule has 0 aliphatic heterocycles. The Labute approximate surface area is 152 Å². The molecule has 0 heterocycles. The van der Waals surface area contributed by atoms with Crippen LogP contribution in [0.5, 0.6) is 0 Å². The van der Waals surface area contributed by atoms with Gasteiger partial charge in [-0.05, 0) is 0 Å². The van der Waals surface area contributed by atoms with Crippen LogP contribution in [-0.4, -0.2) is 6.88 Å². The Bertz CT molecular complexity index is 732. The minimum absolute atomic E-state index is 0. The topological polar surface area (TPSA) is 0 Å². The molecule has 0 N–H and O–H groups in total. The van der Waals surface area contributed by atoms with Crippen LogP contribution in [0, 0.1) is 0 Å². The van der Waals surface area contributed by atoms with Crippen LogP contribution in [0.3, 0.4) is 0 Å². The van der Waals surface area contributed by atoms with Crippen molar-refractivity contribution in [3.05, 3.63) is 65.2 Å². The fourth-order valence-electron chi connectivity index (χ4n) is 3.46. The second-order valence-corrected chi connectivity index (χ2v) is 28.5. The van der Waals surface area contributed by atoms with Gasteiger partial charge in [-0.1, -0.05) is 0 Å². The van der Waals surface area contributed by atoms with Gasteiger partial charge >= 0.3 is 128 Å². The number of benzene rings is 2. The van der Waals surface area contributed by atoms with Crippen molar-refractivity contribution in [1.29, 1.82) is 0 Å². The Morgan fingerprint density at radius 2 is 1.55 bits per heavy atom. The molecule has 2 aromatic carbocycles. The molecule has 2 aromatic rings. The maximum absolute atomic E-state index is 2.55. The molecule has 0 spiro atoms. The second-order valence-electron chi connectivity index (χ2n) is 6.48. The van der Waals surface area contributed by atoms with Crippen LogP contribution in [0.15, 0.2) is 54.1 Å². The maximum Gasteiger partial charge on any atom is -0.147 e. The first-order valence-corrected chi connectivity index (χ1v) is 19.5. The molecule has 1 atom stereocenters. The fourth-order valence-corrected chi connectivity index (χ4v) is 12.6. The first kappa shape index (κ1) is 19.9. The molecular formula is C18H23Cl2SiZr. The maximum atomic E-state index is 2.55. The van der Waals surface area contributed by atoms with E-state index in [-0.39, 0.29) is 24.8 Å². The molecule has 1 unspecified atom stereocenters. The van der Waals surface area contributed by atoms with Gasteiger partial charge in [0.25, 0.3) is 0 Å². The Morgan fingerprint density at radius 3 is 2.14 bits per heavy atom. The number of halogens is 2. The third-order valence-corrected chi connectivity index (χ3v) is 12.3. The molecule has 0 nitrogen and oxygen atoms in total. The molecule has 4 heteroatoms. The standard InChI is InChI=1S/C16H13.2CH3.2ClH.H2Si.Zr/c1-12-10-14-8-5-9-15(16(14)11-12)13-6-3-2-4-7-13;;;;;;/h2-11H,1H3;2*1H3;2*1H;1H2;. The summed E-state index contributed by atoms with van der Waals surface area (Å²) in [4.78, 5) is 0. The summed E-state index contributed by atoms with van der Waals surface area (Å²) in [6.45, 7) is 4.64. The fraction of sp³-hybridized carbons (Fsp3) is 0.222. The van der Waals surface area contributed by atoms with Crippen LogP contribution in [-0.2, 0) is 18.9 Å². The van der Waals surface area contributed by atoms with Gasteiger partial charge in [-0.25, -0.2) is 0 Å². The normalized spacial score (nSPS) is 16.1. The molecule has 0 bridgehead atoms. The van der Waals surface area contributed by atoms with E-state index in [1.807, 2.05) is 0 Å². The minimum Gasteiger partial charge on any atom is -0.147 e. The largest absolute Gasteiger partial charge is 0.147 e. The van der Waals surface area contributed by atoms with E-state index >= 15 is 0 Å². The average molecular weight is 430 g/mol. The molecule has 0 amide bonds. The van der Waals surface area contributed by atoms with Gasteiger partial charge in [-0.3, -0.25) is 0 Å². The monoisotopic (exact) mass is 427 g/mol. The number of fused-ring (bicyclic) bond motifs is 1. The third kappa shape index (κ3) is 3.67. The van der Waals surface area contributed by atoms with E-state index < -0.39 is 18.9 Å². The number of rotatable bonds is 2. The van der Waals surface area contributed by atoms with Gasteiger partial charge in [-0.2, -0.15) is 0 Å². The molecule has 1 aliphatic carbocycles. The van der Waals surface area contributed by atoms with Crippen LogP contribution in [0.1, 0.15) is 21.7 Å². The quantitative estimate of drug-likeness (QED) is 0.557. The van der Waals surface area contributed by atoms with Crippen molar-refractivity contribution in [3.8, 4) is 11.1 Å². The molecule has 0 radical (unpaired) electrons. The summed E-state index contributed by atoms with van der Waals surface area (Å²) in [6.07, 6.45) is 2.44. The predicted octanol–water partition coefficient (Wildman–Crippen LogP) is 5.45. The number of allylic oxidation sites excluding steroid dienone is 1. The van der Waals surface area contributed by atoms with E-state index in [9.17, 15) is 0 Å². The van der Waals surface area contributed by atoms with Gasteiger partial charge < -0.3 is 0 Å². The van der Waals surface area contributed by atoms with Crippen molar-refractivity contribution in [2.45, 2.75) is 19.8 Å². The summed E-state index contributed by atoms with van der Waals surface area (Å²) in [5.41, 5.74) is 7.36. The molecule has 0 saturated heterocycles. The third-order valence-electron chi connectivity index (χ3n) is 4.14. The van der Waals surface area contributed by atoms with Crippen molar-refractivity contribution < 1.29 is 18.9 Å². The van der Waals surface area contributed by atoms with E-state index in [2.05, 4.69) is 77.7 Å². The van der Waals surface area contributed by atoms with Gasteiger partial charge in [0.2, 0.25) is 0 Å². The van der Waals surface area contributed by atoms with Crippen LogP contribution < -0.4 is 0 Å². The average Bonchev–Trinajstić information content (AvgIpc) is 2.75. The zero-order valence-corrected chi connectivity index (χ0v) is 18.8. The molecule has 0 fully saturated rings. The molecule has 0 saturated carbocycles.